The Morgan fingerprint density at radius 1 is 0.879 bits per heavy atom. The molecule has 168 valence electrons. The predicted molar refractivity (Wildman–Crippen MR) is 137 cm³/mol. The monoisotopic (exact) mass is 436 g/mol. The molecule has 0 radical (unpaired) electrons. The molecule has 33 heavy (non-hydrogen) atoms. The Labute approximate surface area is 196 Å². The zero-order valence-electron chi connectivity index (χ0n) is 19.1. The summed E-state index contributed by atoms with van der Waals surface area (Å²) in [7, 11) is 0. The predicted octanol–water partition coefficient (Wildman–Crippen LogP) is 6.40. The molecule has 1 atom stereocenters. The second-order valence-corrected chi connectivity index (χ2v) is 9.30. The lowest BCUT2D eigenvalue weighted by Crippen LogP contribution is -2.30. The summed E-state index contributed by atoms with van der Waals surface area (Å²) in [5.41, 5.74) is 7.88. The van der Waals surface area contributed by atoms with Crippen LogP contribution in [0.3, 0.4) is 0 Å². The van der Waals surface area contributed by atoms with E-state index in [1.54, 1.807) is 0 Å². The molecule has 1 fully saturated rings. The highest BCUT2D eigenvalue weighted by Crippen LogP contribution is 2.29. The fourth-order valence-electron chi connectivity index (χ4n) is 4.97. The maximum atomic E-state index is 13.0. The molecule has 3 aromatic rings. The number of nitrogens with one attached hydrogen (secondary N) is 2. The van der Waals surface area contributed by atoms with Gasteiger partial charge in [-0.3, -0.25) is 4.79 Å². The Hall–Kier alpha value is -3.17. The lowest BCUT2D eigenvalue weighted by Gasteiger charge is -2.18. The van der Waals surface area contributed by atoms with Gasteiger partial charge >= 0.3 is 0 Å². The van der Waals surface area contributed by atoms with Gasteiger partial charge in [-0.05, 0) is 90.7 Å². The summed E-state index contributed by atoms with van der Waals surface area (Å²) in [5.74, 6) is 0.00366. The summed E-state index contributed by atoms with van der Waals surface area (Å²) in [6.07, 6.45) is 9.98. The van der Waals surface area contributed by atoms with E-state index in [2.05, 4.69) is 71.3 Å². The van der Waals surface area contributed by atoms with Gasteiger partial charge in [-0.15, -0.1) is 0 Å². The van der Waals surface area contributed by atoms with Crippen LogP contribution < -0.4 is 10.6 Å². The third-order valence-corrected chi connectivity index (χ3v) is 6.89. The largest absolute Gasteiger partial charge is 0.322 e. The quantitative estimate of drug-likeness (QED) is 0.486. The summed E-state index contributed by atoms with van der Waals surface area (Å²) < 4.78 is 0. The maximum Gasteiger partial charge on any atom is 0.251 e. The van der Waals surface area contributed by atoms with Gasteiger partial charge in [0.15, 0.2) is 0 Å². The Kier molecular flexibility index (Phi) is 6.68. The molecule has 2 aliphatic rings. The van der Waals surface area contributed by atoms with E-state index in [9.17, 15) is 4.79 Å². The molecule has 0 spiro atoms. The van der Waals surface area contributed by atoms with E-state index in [0.29, 0.717) is 6.04 Å². The van der Waals surface area contributed by atoms with Gasteiger partial charge in [0.1, 0.15) is 0 Å². The standard InChI is InChI=1S/C30H32N2O/c33-30(32-28-16-10-22(11-17-28)19-29-9-5-2-6-18-31-29)26-15-13-24-12-14-25(20-27(24)21-26)23-7-3-1-4-8-23/h1,3-4,7-8,10-12,14,16-17,20-21,29,31H,2,5-6,9,13,15,18-19H2,(H,32,33). The number of anilines is 1. The second kappa shape index (κ2) is 10.2. The highest BCUT2D eigenvalue weighted by Gasteiger charge is 2.17. The van der Waals surface area contributed by atoms with Gasteiger partial charge in [0.2, 0.25) is 0 Å². The molecule has 1 heterocycles. The van der Waals surface area contributed by atoms with Crippen molar-refractivity contribution in [2.24, 2.45) is 0 Å². The number of rotatable bonds is 5. The molecule has 1 aliphatic heterocycles. The van der Waals surface area contributed by atoms with Crippen LogP contribution in [-0.4, -0.2) is 18.5 Å². The number of carbonyl (C=O) groups excluding carboxylic acids is 1. The van der Waals surface area contributed by atoms with Gasteiger partial charge < -0.3 is 10.6 Å². The van der Waals surface area contributed by atoms with Crippen LogP contribution in [0.2, 0.25) is 0 Å². The molecular weight excluding hydrogens is 404 g/mol. The van der Waals surface area contributed by atoms with E-state index < -0.39 is 0 Å². The number of fused-ring (bicyclic) bond motifs is 1. The van der Waals surface area contributed by atoms with E-state index >= 15 is 0 Å². The minimum Gasteiger partial charge on any atom is -0.322 e. The normalized spacial score (nSPS) is 18.1. The molecular formula is C30H32N2O. The van der Waals surface area contributed by atoms with Crippen molar-refractivity contribution in [3.8, 4) is 11.1 Å². The molecule has 1 amide bonds. The van der Waals surface area contributed by atoms with Crippen LogP contribution in [0.5, 0.6) is 0 Å². The van der Waals surface area contributed by atoms with Crippen LogP contribution >= 0.6 is 0 Å². The lowest BCUT2D eigenvalue weighted by atomic mass is 9.89. The van der Waals surface area contributed by atoms with Crippen molar-refractivity contribution in [2.75, 3.05) is 11.9 Å². The summed E-state index contributed by atoms with van der Waals surface area (Å²) >= 11 is 0. The first-order valence-corrected chi connectivity index (χ1v) is 12.3. The molecule has 0 aromatic heterocycles. The van der Waals surface area contributed by atoms with E-state index in [0.717, 1.165) is 42.6 Å². The van der Waals surface area contributed by atoms with Crippen molar-refractivity contribution in [3.05, 3.63) is 95.1 Å². The van der Waals surface area contributed by atoms with Crippen molar-refractivity contribution in [2.45, 2.75) is 51.0 Å². The van der Waals surface area contributed by atoms with Gasteiger partial charge in [0, 0.05) is 17.3 Å². The summed E-state index contributed by atoms with van der Waals surface area (Å²) in [5, 5.41) is 6.77. The summed E-state index contributed by atoms with van der Waals surface area (Å²) in [6, 6.07) is 25.9. The van der Waals surface area contributed by atoms with Crippen molar-refractivity contribution in [1.82, 2.24) is 5.32 Å². The van der Waals surface area contributed by atoms with Gasteiger partial charge in [-0.1, -0.05) is 67.4 Å². The highest BCUT2D eigenvalue weighted by atomic mass is 16.1. The molecule has 1 unspecified atom stereocenters. The van der Waals surface area contributed by atoms with E-state index in [1.807, 2.05) is 18.2 Å². The average Bonchev–Trinajstić information content (AvgIpc) is 3.14. The first-order valence-electron chi connectivity index (χ1n) is 12.3. The van der Waals surface area contributed by atoms with Crippen molar-refractivity contribution >= 4 is 17.7 Å². The average molecular weight is 437 g/mol. The molecule has 0 bridgehead atoms. The third kappa shape index (κ3) is 5.43. The van der Waals surface area contributed by atoms with Crippen LogP contribution in [0.4, 0.5) is 5.69 Å². The highest BCUT2D eigenvalue weighted by molar-refractivity contribution is 6.07. The van der Waals surface area contributed by atoms with Crippen LogP contribution in [0.15, 0.2) is 78.4 Å². The first-order chi connectivity index (χ1) is 16.2. The van der Waals surface area contributed by atoms with Crippen molar-refractivity contribution in [3.63, 3.8) is 0 Å². The number of hydrogen-bond donors (Lipinski definition) is 2. The zero-order valence-corrected chi connectivity index (χ0v) is 19.1. The number of amides is 1. The van der Waals surface area contributed by atoms with E-state index in [4.69, 9.17) is 0 Å². The first kappa shape index (κ1) is 21.7. The fraction of sp³-hybridized carbons (Fsp3) is 0.300. The molecule has 3 aromatic carbocycles. The molecule has 2 N–H and O–H groups in total. The Morgan fingerprint density at radius 2 is 1.73 bits per heavy atom. The maximum absolute atomic E-state index is 13.0. The van der Waals surface area contributed by atoms with Crippen molar-refractivity contribution < 1.29 is 4.79 Å². The Bertz CT molecular complexity index is 1120. The summed E-state index contributed by atoms with van der Waals surface area (Å²) in [4.78, 5) is 13.0. The van der Waals surface area contributed by atoms with Gasteiger partial charge in [-0.25, -0.2) is 0 Å². The number of benzene rings is 3. The number of hydrogen-bond acceptors (Lipinski definition) is 2. The Balaban J connectivity index is 1.25. The van der Waals surface area contributed by atoms with Crippen LogP contribution in [0, 0.1) is 0 Å². The zero-order chi connectivity index (χ0) is 22.5. The van der Waals surface area contributed by atoms with Crippen LogP contribution in [0.25, 0.3) is 17.2 Å². The lowest BCUT2D eigenvalue weighted by molar-refractivity contribution is -0.112. The minimum atomic E-state index is 0.00366. The molecule has 1 aliphatic carbocycles. The van der Waals surface area contributed by atoms with Gasteiger partial charge in [0.25, 0.3) is 5.91 Å². The van der Waals surface area contributed by atoms with Gasteiger partial charge in [0.05, 0.1) is 0 Å². The molecule has 0 saturated carbocycles. The second-order valence-electron chi connectivity index (χ2n) is 9.30. The fourth-order valence-corrected chi connectivity index (χ4v) is 4.97. The topological polar surface area (TPSA) is 41.1 Å². The smallest absolute Gasteiger partial charge is 0.251 e. The molecule has 3 nitrogen and oxygen atoms in total. The van der Waals surface area contributed by atoms with Crippen LogP contribution in [-0.2, 0) is 17.6 Å². The van der Waals surface area contributed by atoms with E-state index in [1.165, 1.54) is 47.9 Å². The Morgan fingerprint density at radius 3 is 2.58 bits per heavy atom. The molecule has 3 heteroatoms. The molecule has 1 saturated heterocycles. The number of aryl methyl sites for hydroxylation is 1. The van der Waals surface area contributed by atoms with Crippen LogP contribution in [0.1, 0.15) is 48.8 Å². The van der Waals surface area contributed by atoms with Crippen molar-refractivity contribution in [1.29, 1.82) is 0 Å². The molecule has 5 rings (SSSR count). The third-order valence-electron chi connectivity index (χ3n) is 6.89. The minimum absolute atomic E-state index is 0.00366. The van der Waals surface area contributed by atoms with E-state index in [-0.39, 0.29) is 5.91 Å². The number of carbonyl (C=O) groups is 1. The summed E-state index contributed by atoms with van der Waals surface area (Å²) in [6.45, 7) is 1.13. The SMILES string of the molecule is O=C(Nc1ccc(CC2CCCCCN2)cc1)C1=Cc2cc(-c3ccccc3)ccc2CC1. The van der Waals surface area contributed by atoms with Gasteiger partial charge in [-0.2, -0.15) is 0 Å².